The van der Waals surface area contributed by atoms with E-state index < -0.39 is 9.84 Å². The average molecular weight is 335 g/mol. The highest BCUT2D eigenvalue weighted by atomic mass is 32.2. The third-order valence-corrected chi connectivity index (χ3v) is 5.12. The summed E-state index contributed by atoms with van der Waals surface area (Å²) >= 11 is 0. The number of rotatable bonds is 7. The normalized spacial score (nSPS) is 11.4. The summed E-state index contributed by atoms with van der Waals surface area (Å²) < 4.78 is 26.1. The van der Waals surface area contributed by atoms with Crippen LogP contribution in [0.4, 0.5) is 5.82 Å². The molecular formula is C16H21N3O3S. The van der Waals surface area contributed by atoms with E-state index in [2.05, 4.69) is 10.4 Å². The molecule has 0 saturated carbocycles. The first-order valence-electron chi connectivity index (χ1n) is 7.54. The molecule has 124 valence electrons. The van der Waals surface area contributed by atoms with Crippen molar-refractivity contribution < 1.29 is 13.2 Å². The average Bonchev–Trinajstić information content (AvgIpc) is 2.86. The van der Waals surface area contributed by atoms with Crippen LogP contribution in [0.1, 0.15) is 25.5 Å². The number of anilines is 1. The van der Waals surface area contributed by atoms with Crippen molar-refractivity contribution in [3.05, 3.63) is 42.1 Å². The lowest BCUT2D eigenvalue weighted by Gasteiger charge is -2.04. The van der Waals surface area contributed by atoms with Crippen molar-refractivity contribution in [3.8, 4) is 0 Å². The Morgan fingerprint density at radius 1 is 1.26 bits per heavy atom. The molecule has 1 N–H and O–H groups in total. The molecule has 1 aromatic carbocycles. The van der Waals surface area contributed by atoms with Crippen molar-refractivity contribution in [2.24, 2.45) is 0 Å². The van der Waals surface area contributed by atoms with E-state index in [1.54, 1.807) is 24.3 Å². The molecule has 1 heterocycles. The number of amides is 1. The zero-order valence-corrected chi connectivity index (χ0v) is 14.1. The van der Waals surface area contributed by atoms with E-state index in [0.29, 0.717) is 5.82 Å². The Morgan fingerprint density at radius 2 is 1.96 bits per heavy atom. The Morgan fingerprint density at radius 3 is 2.61 bits per heavy atom. The molecule has 0 saturated heterocycles. The highest BCUT2D eigenvalue weighted by Crippen LogP contribution is 2.13. The van der Waals surface area contributed by atoms with Crippen molar-refractivity contribution in [2.75, 3.05) is 11.1 Å². The van der Waals surface area contributed by atoms with Gasteiger partial charge in [-0.1, -0.05) is 25.1 Å². The third kappa shape index (κ3) is 4.66. The summed E-state index contributed by atoms with van der Waals surface area (Å²) in [6.45, 7) is 4.75. The number of aromatic nitrogens is 2. The van der Waals surface area contributed by atoms with Crippen LogP contribution in [0.25, 0.3) is 0 Å². The second-order valence-electron chi connectivity index (χ2n) is 5.32. The number of benzene rings is 1. The van der Waals surface area contributed by atoms with Crippen LogP contribution in [0, 0.1) is 6.92 Å². The van der Waals surface area contributed by atoms with Crippen LogP contribution >= 0.6 is 0 Å². The topological polar surface area (TPSA) is 81.1 Å². The second kappa shape index (κ2) is 7.41. The van der Waals surface area contributed by atoms with Crippen molar-refractivity contribution in [1.82, 2.24) is 9.78 Å². The van der Waals surface area contributed by atoms with E-state index in [1.807, 2.05) is 18.5 Å². The molecule has 23 heavy (non-hydrogen) atoms. The van der Waals surface area contributed by atoms with Gasteiger partial charge < -0.3 is 5.32 Å². The van der Waals surface area contributed by atoms with Gasteiger partial charge in [0.1, 0.15) is 0 Å². The van der Waals surface area contributed by atoms with E-state index >= 15 is 0 Å². The smallest absolute Gasteiger partial charge is 0.226 e. The predicted octanol–water partition coefficient (Wildman–Crippen LogP) is 2.40. The number of aryl methyl sites for hydroxylation is 2. The minimum Gasteiger partial charge on any atom is -0.309 e. The van der Waals surface area contributed by atoms with Crippen LogP contribution in [-0.4, -0.2) is 29.9 Å². The molecule has 0 atom stereocenters. The Bertz CT molecular complexity index is 767. The summed E-state index contributed by atoms with van der Waals surface area (Å²) in [7, 11) is -3.45. The molecule has 7 heteroatoms. The first kappa shape index (κ1) is 17.2. The summed E-state index contributed by atoms with van der Waals surface area (Å²) in [5.74, 6) is -0.124. The maximum Gasteiger partial charge on any atom is 0.226 e. The van der Waals surface area contributed by atoms with E-state index in [-0.39, 0.29) is 23.0 Å². The van der Waals surface area contributed by atoms with Gasteiger partial charge in [-0.2, -0.15) is 5.10 Å². The van der Waals surface area contributed by atoms with Crippen LogP contribution in [-0.2, 0) is 21.2 Å². The van der Waals surface area contributed by atoms with Crippen molar-refractivity contribution in [2.45, 2.75) is 38.1 Å². The molecule has 0 aliphatic rings. The summed E-state index contributed by atoms with van der Waals surface area (Å²) in [5.41, 5.74) is 0.957. The van der Waals surface area contributed by atoms with Gasteiger partial charge in [0.15, 0.2) is 15.7 Å². The van der Waals surface area contributed by atoms with Gasteiger partial charge in [-0.05, 0) is 25.5 Å². The molecule has 0 aliphatic heterocycles. The highest BCUT2D eigenvalue weighted by Gasteiger charge is 2.16. The first-order chi connectivity index (χ1) is 10.9. The molecule has 0 radical (unpaired) electrons. The lowest BCUT2D eigenvalue weighted by molar-refractivity contribution is -0.115. The first-order valence-corrected chi connectivity index (χ1v) is 9.19. The fraction of sp³-hybridized carbons (Fsp3) is 0.375. The monoisotopic (exact) mass is 335 g/mol. The minimum atomic E-state index is -3.45. The van der Waals surface area contributed by atoms with Crippen LogP contribution in [0.2, 0.25) is 0 Å². The number of carbonyl (C=O) groups excluding carboxylic acids is 1. The number of nitrogens with one attached hydrogen (secondary N) is 1. The van der Waals surface area contributed by atoms with Crippen molar-refractivity contribution in [3.63, 3.8) is 0 Å². The van der Waals surface area contributed by atoms with Gasteiger partial charge >= 0.3 is 0 Å². The minimum absolute atomic E-state index is 0.100. The van der Waals surface area contributed by atoms with Gasteiger partial charge in [0.05, 0.1) is 10.6 Å². The number of nitrogens with zero attached hydrogens (tertiary/aromatic N) is 2. The molecule has 6 nitrogen and oxygen atoms in total. The predicted molar refractivity (Wildman–Crippen MR) is 89.0 cm³/mol. The molecule has 0 unspecified atom stereocenters. The molecule has 1 aromatic heterocycles. The maximum atomic E-state index is 12.1. The van der Waals surface area contributed by atoms with Crippen LogP contribution in [0.3, 0.4) is 0 Å². The largest absolute Gasteiger partial charge is 0.309 e. The van der Waals surface area contributed by atoms with Gasteiger partial charge in [-0.3, -0.25) is 9.48 Å². The van der Waals surface area contributed by atoms with Gasteiger partial charge in [0, 0.05) is 24.7 Å². The molecule has 2 aromatic rings. The van der Waals surface area contributed by atoms with Crippen molar-refractivity contribution >= 4 is 21.6 Å². The lowest BCUT2D eigenvalue weighted by atomic mass is 10.4. The van der Waals surface area contributed by atoms with Gasteiger partial charge in [-0.25, -0.2) is 8.42 Å². The summed E-state index contributed by atoms with van der Waals surface area (Å²) in [6.07, 6.45) is 0.849. The molecule has 0 spiro atoms. The standard InChI is InChI=1S/C16H21N3O3S/c1-3-10-19-13(2)12-15(18-19)17-16(20)9-11-23(21,22)14-7-5-4-6-8-14/h4-8,12H,3,9-11H2,1-2H3,(H,17,18,20). The Labute approximate surface area is 136 Å². The highest BCUT2D eigenvalue weighted by molar-refractivity contribution is 7.91. The van der Waals surface area contributed by atoms with E-state index in [4.69, 9.17) is 0 Å². The molecular weight excluding hydrogens is 314 g/mol. The summed E-state index contributed by atoms with van der Waals surface area (Å²) in [6, 6.07) is 9.91. The van der Waals surface area contributed by atoms with Crippen LogP contribution < -0.4 is 5.32 Å². The van der Waals surface area contributed by atoms with E-state index in [1.165, 1.54) is 12.1 Å². The Kier molecular flexibility index (Phi) is 5.54. The number of hydrogen-bond acceptors (Lipinski definition) is 4. The molecule has 0 fully saturated rings. The fourth-order valence-corrected chi connectivity index (χ4v) is 3.45. The maximum absolute atomic E-state index is 12.1. The second-order valence-corrected chi connectivity index (χ2v) is 7.43. The van der Waals surface area contributed by atoms with Crippen molar-refractivity contribution in [1.29, 1.82) is 0 Å². The van der Waals surface area contributed by atoms with Crippen LogP contribution in [0.5, 0.6) is 0 Å². The summed E-state index contributed by atoms with van der Waals surface area (Å²) in [5, 5.41) is 6.93. The Balaban J connectivity index is 1.94. The van der Waals surface area contributed by atoms with E-state index in [0.717, 1.165) is 18.7 Å². The third-order valence-electron chi connectivity index (χ3n) is 3.38. The number of sulfone groups is 1. The fourth-order valence-electron chi connectivity index (χ4n) is 2.19. The molecule has 1 amide bonds. The number of carbonyl (C=O) groups is 1. The van der Waals surface area contributed by atoms with E-state index in [9.17, 15) is 13.2 Å². The zero-order valence-electron chi connectivity index (χ0n) is 13.3. The summed E-state index contributed by atoms with van der Waals surface area (Å²) in [4.78, 5) is 12.2. The zero-order chi connectivity index (χ0) is 16.9. The van der Waals surface area contributed by atoms with Gasteiger partial charge in [-0.15, -0.1) is 0 Å². The Hall–Kier alpha value is -2.15. The molecule has 2 rings (SSSR count). The van der Waals surface area contributed by atoms with Crippen LogP contribution in [0.15, 0.2) is 41.3 Å². The van der Waals surface area contributed by atoms with Gasteiger partial charge in [0.25, 0.3) is 0 Å². The quantitative estimate of drug-likeness (QED) is 0.842. The van der Waals surface area contributed by atoms with Gasteiger partial charge in [0.2, 0.25) is 5.91 Å². The molecule has 0 bridgehead atoms. The lowest BCUT2D eigenvalue weighted by Crippen LogP contribution is -2.17. The SMILES string of the molecule is CCCn1nc(NC(=O)CCS(=O)(=O)c2ccccc2)cc1C. The number of hydrogen-bond donors (Lipinski definition) is 1. The molecule has 0 aliphatic carbocycles.